The second-order valence-electron chi connectivity index (χ2n) is 11.0. The molecule has 0 aliphatic carbocycles. The molecule has 36 heavy (non-hydrogen) atoms. The molecule has 0 atom stereocenters. The lowest BCUT2D eigenvalue weighted by Crippen LogP contribution is -2.24. The molecule has 0 saturated heterocycles. The van der Waals surface area contributed by atoms with E-state index in [4.69, 9.17) is 34.3 Å². The molecule has 0 aromatic rings. The van der Waals surface area contributed by atoms with Crippen LogP contribution in [-0.2, 0) is 0 Å². The van der Waals surface area contributed by atoms with E-state index < -0.39 is 33.3 Å². The van der Waals surface area contributed by atoms with Gasteiger partial charge < -0.3 is 19.2 Å². The lowest BCUT2D eigenvalue weighted by molar-refractivity contribution is 0.543. The highest BCUT2D eigenvalue weighted by molar-refractivity contribution is 6.70. The van der Waals surface area contributed by atoms with E-state index in [0.29, 0.717) is 24.8 Å². The van der Waals surface area contributed by atoms with Crippen LogP contribution >= 0.6 is 23.2 Å². The normalized spacial score (nSPS) is 11.3. The zero-order valence-corrected chi connectivity index (χ0v) is 29.2. The second kappa shape index (κ2) is 25.2. The first-order valence-electron chi connectivity index (χ1n) is 12.3. The van der Waals surface area contributed by atoms with Crippen LogP contribution in [0.25, 0.3) is 20.9 Å². The predicted octanol–water partition coefficient (Wildman–Crippen LogP) is 7.39. The van der Waals surface area contributed by atoms with E-state index in [1.807, 2.05) is 52.4 Å². The van der Waals surface area contributed by atoms with Gasteiger partial charge in [-0.2, -0.15) is 0 Å². The first kappa shape index (κ1) is 43.0. The average molecular weight is 624 g/mol. The molecule has 0 spiro atoms. The molecule has 10 nitrogen and oxygen atoms in total. The third-order valence-electron chi connectivity index (χ3n) is 4.06. The van der Waals surface area contributed by atoms with E-state index in [-0.39, 0.29) is 0 Å². The Labute approximate surface area is 233 Å². The Kier molecular flexibility index (Phi) is 30.1. The molecule has 0 bridgehead atoms. The van der Waals surface area contributed by atoms with Crippen molar-refractivity contribution in [3.8, 4) is 0 Å². The third kappa shape index (κ3) is 64.2. The standard InChI is InChI=1S/2C5H13ClOSi.2C5H13N3OSi/c2*1-8(2,7)5-3-4-6;2*1-10(2,9)5-3-4-7-8-6/h2*7H,3-5H2,1-2H3;2*9H,3-5H2,1-2H3. The van der Waals surface area contributed by atoms with Crippen LogP contribution in [0.5, 0.6) is 0 Å². The lowest BCUT2D eigenvalue weighted by atomic mass is 10.5. The Bertz CT molecular complexity index is 549. The van der Waals surface area contributed by atoms with Crippen molar-refractivity contribution in [2.75, 3.05) is 24.8 Å². The molecule has 0 heterocycles. The summed E-state index contributed by atoms with van der Waals surface area (Å²) in [6.07, 6.45) is 3.52. The average Bonchev–Trinajstić information content (AvgIpc) is 2.70. The molecule has 0 fully saturated rings. The molecular formula is C20H52Cl2N6O4Si4. The number of azide groups is 2. The molecule has 0 aliphatic rings. The van der Waals surface area contributed by atoms with Gasteiger partial charge in [0.1, 0.15) is 0 Å². The molecule has 216 valence electrons. The molecular weight excluding hydrogens is 572 g/mol. The van der Waals surface area contributed by atoms with Gasteiger partial charge in [0.25, 0.3) is 0 Å². The minimum atomic E-state index is -1.89. The largest absolute Gasteiger partial charge is 0.432 e. The van der Waals surface area contributed by atoms with E-state index in [1.165, 1.54) is 0 Å². The van der Waals surface area contributed by atoms with Crippen molar-refractivity contribution < 1.29 is 19.2 Å². The highest BCUT2D eigenvalue weighted by atomic mass is 35.5. The smallest absolute Gasteiger partial charge is 0.182 e. The number of alkyl halides is 2. The lowest BCUT2D eigenvalue weighted by Gasteiger charge is -2.11. The van der Waals surface area contributed by atoms with Gasteiger partial charge >= 0.3 is 0 Å². The first-order chi connectivity index (χ1) is 16.2. The van der Waals surface area contributed by atoms with Crippen molar-refractivity contribution >= 4 is 56.5 Å². The topological polar surface area (TPSA) is 178 Å². The number of halogens is 2. The Morgan fingerprint density at radius 3 is 0.889 bits per heavy atom. The maximum Gasteiger partial charge on any atom is 0.182 e. The summed E-state index contributed by atoms with van der Waals surface area (Å²) in [5.74, 6) is 1.36. The van der Waals surface area contributed by atoms with Gasteiger partial charge in [-0.1, -0.05) is 10.2 Å². The van der Waals surface area contributed by atoms with Crippen molar-refractivity contribution in [1.82, 2.24) is 0 Å². The maximum absolute atomic E-state index is 9.32. The summed E-state index contributed by atoms with van der Waals surface area (Å²) in [5.41, 5.74) is 15.8. The fourth-order valence-corrected chi connectivity index (χ4v) is 7.10. The molecule has 0 radical (unpaired) electrons. The number of nitrogens with zero attached hydrogens (tertiary/aromatic N) is 6. The van der Waals surface area contributed by atoms with Crippen LogP contribution in [0.1, 0.15) is 25.7 Å². The predicted molar refractivity (Wildman–Crippen MR) is 166 cm³/mol. The number of hydrogen-bond acceptors (Lipinski definition) is 6. The van der Waals surface area contributed by atoms with Crippen LogP contribution in [0.15, 0.2) is 10.2 Å². The molecule has 0 aliphatic heterocycles. The molecule has 0 amide bonds. The Morgan fingerprint density at radius 2 is 0.750 bits per heavy atom. The van der Waals surface area contributed by atoms with Crippen LogP contribution in [0, 0.1) is 0 Å². The minimum absolute atomic E-state index is 0.507. The van der Waals surface area contributed by atoms with E-state index in [1.54, 1.807) is 0 Å². The van der Waals surface area contributed by atoms with Crippen LogP contribution in [0.3, 0.4) is 0 Å². The minimum Gasteiger partial charge on any atom is -0.432 e. The van der Waals surface area contributed by atoms with Crippen molar-refractivity contribution in [3.63, 3.8) is 0 Å². The second-order valence-corrected chi connectivity index (χ2v) is 28.2. The molecule has 0 rings (SSSR count). The van der Waals surface area contributed by atoms with E-state index in [0.717, 1.165) is 49.9 Å². The molecule has 4 N–H and O–H groups in total. The fourth-order valence-electron chi connectivity index (χ4n) is 2.25. The van der Waals surface area contributed by atoms with E-state index in [9.17, 15) is 19.2 Å². The van der Waals surface area contributed by atoms with Crippen molar-refractivity contribution in [2.45, 2.75) is 102 Å². The summed E-state index contributed by atoms with van der Waals surface area (Å²) in [4.78, 5) is 42.3. The zero-order valence-electron chi connectivity index (χ0n) is 23.7. The SMILES string of the molecule is C[Si](C)(O)CCCCl.C[Si](C)(O)CCCCl.C[Si](C)(O)CCCN=[N+]=[N-].C[Si](C)(O)CCCN=[N+]=[N-]. The van der Waals surface area contributed by atoms with E-state index in [2.05, 4.69) is 20.1 Å². The van der Waals surface area contributed by atoms with Crippen molar-refractivity contribution in [2.24, 2.45) is 10.2 Å². The highest BCUT2D eigenvalue weighted by Crippen LogP contribution is 2.09. The molecule has 0 saturated carbocycles. The fraction of sp³-hybridized carbons (Fsp3) is 1.00. The van der Waals surface area contributed by atoms with Crippen LogP contribution in [-0.4, -0.2) is 77.3 Å². The molecule has 0 aromatic heterocycles. The van der Waals surface area contributed by atoms with Crippen molar-refractivity contribution in [3.05, 3.63) is 20.9 Å². The van der Waals surface area contributed by atoms with Crippen molar-refractivity contribution in [1.29, 1.82) is 0 Å². The van der Waals surface area contributed by atoms with Gasteiger partial charge in [0.15, 0.2) is 33.3 Å². The summed E-state index contributed by atoms with van der Waals surface area (Å²) >= 11 is 10.8. The van der Waals surface area contributed by atoms with Gasteiger partial charge in [0, 0.05) is 34.7 Å². The monoisotopic (exact) mass is 622 g/mol. The van der Waals surface area contributed by atoms with Crippen LogP contribution in [0.2, 0.25) is 76.6 Å². The van der Waals surface area contributed by atoms with Gasteiger partial charge in [0.05, 0.1) is 0 Å². The van der Waals surface area contributed by atoms with Gasteiger partial charge in [0.2, 0.25) is 0 Å². The Hall–Kier alpha value is -0.0925. The first-order valence-corrected chi connectivity index (χ1v) is 26.0. The van der Waals surface area contributed by atoms with Gasteiger partial charge in [-0.15, -0.1) is 23.2 Å². The summed E-state index contributed by atoms with van der Waals surface area (Å²) in [7, 11) is -7.31. The Morgan fingerprint density at radius 1 is 0.528 bits per heavy atom. The summed E-state index contributed by atoms with van der Waals surface area (Å²) < 4.78 is 0. The molecule has 16 heteroatoms. The van der Waals surface area contributed by atoms with Gasteiger partial charge in [-0.25, -0.2) is 0 Å². The third-order valence-corrected chi connectivity index (χ3v) is 10.9. The summed E-state index contributed by atoms with van der Waals surface area (Å²) in [6.45, 7) is 16.2. The summed E-state index contributed by atoms with van der Waals surface area (Å²) in [5, 5.41) is 6.73. The van der Waals surface area contributed by atoms with Crippen LogP contribution in [0.4, 0.5) is 0 Å². The number of rotatable bonds is 14. The molecule has 0 unspecified atom stereocenters. The maximum atomic E-state index is 9.32. The van der Waals surface area contributed by atoms with Gasteiger partial charge in [-0.05, 0) is 113 Å². The zero-order chi connectivity index (χ0) is 29.3. The summed E-state index contributed by atoms with van der Waals surface area (Å²) in [6, 6.07) is 3.48. The Balaban J connectivity index is -0.000000191. The van der Waals surface area contributed by atoms with Gasteiger partial charge in [-0.3, -0.25) is 0 Å². The van der Waals surface area contributed by atoms with Crippen LogP contribution < -0.4 is 0 Å². The quantitative estimate of drug-likeness (QED) is 0.0393. The number of hydrogen-bond donors (Lipinski definition) is 4. The highest BCUT2D eigenvalue weighted by Gasteiger charge is 2.16. The molecule has 0 aromatic carbocycles. The van der Waals surface area contributed by atoms with E-state index >= 15 is 0 Å².